The molecule has 18 heavy (non-hydrogen) atoms. The third-order valence-corrected chi connectivity index (χ3v) is 2.97. The fraction of sp³-hybridized carbons (Fsp3) is 0.333. The normalized spacial score (nSPS) is 14.3. The fourth-order valence-corrected chi connectivity index (χ4v) is 1.92. The van der Waals surface area contributed by atoms with Gasteiger partial charge in [0, 0.05) is 6.04 Å². The van der Waals surface area contributed by atoms with E-state index in [1.807, 2.05) is 42.5 Å². The van der Waals surface area contributed by atoms with Gasteiger partial charge in [-0.25, -0.2) is 0 Å². The second-order valence-corrected chi connectivity index (χ2v) is 4.52. The Labute approximate surface area is 107 Å². The fourth-order valence-electron chi connectivity index (χ4n) is 1.92. The van der Waals surface area contributed by atoms with Gasteiger partial charge in [0.25, 0.3) is 0 Å². The molecule has 2 aromatic rings. The first-order valence-electron chi connectivity index (χ1n) is 6.24. The van der Waals surface area contributed by atoms with Gasteiger partial charge in [-0.05, 0) is 31.0 Å². The van der Waals surface area contributed by atoms with Crippen LogP contribution >= 0.6 is 0 Å². The van der Waals surface area contributed by atoms with Gasteiger partial charge < -0.3 is 14.8 Å². The molecule has 0 bridgehead atoms. The molecule has 0 aliphatic carbocycles. The van der Waals surface area contributed by atoms with Crippen molar-refractivity contribution in [3.05, 3.63) is 60.1 Å². The molecule has 0 spiro atoms. The average molecular weight is 245 g/mol. The summed E-state index contributed by atoms with van der Waals surface area (Å²) < 4.78 is 5.25. The molecule has 2 unspecified atom stereocenters. The van der Waals surface area contributed by atoms with Crippen LogP contribution in [-0.4, -0.2) is 11.1 Å². The first-order chi connectivity index (χ1) is 8.75. The molecule has 96 valence electrons. The van der Waals surface area contributed by atoms with Crippen LogP contribution < -0.4 is 5.32 Å². The summed E-state index contributed by atoms with van der Waals surface area (Å²) in [4.78, 5) is 0. The molecule has 1 heterocycles. The second-order valence-electron chi connectivity index (χ2n) is 4.52. The van der Waals surface area contributed by atoms with E-state index in [1.165, 1.54) is 0 Å². The topological polar surface area (TPSA) is 45.4 Å². The monoisotopic (exact) mass is 245 g/mol. The molecule has 0 radical (unpaired) electrons. The molecular weight excluding hydrogens is 226 g/mol. The van der Waals surface area contributed by atoms with E-state index < -0.39 is 6.10 Å². The Morgan fingerprint density at radius 3 is 2.61 bits per heavy atom. The molecular formula is C15H19NO2. The summed E-state index contributed by atoms with van der Waals surface area (Å²) in [6, 6.07) is 13.8. The van der Waals surface area contributed by atoms with Crippen molar-refractivity contribution in [2.75, 3.05) is 0 Å². The molecule has 0 fully saturated rings. The number of nitrogens with one attached hydrogen (secondary N) is 1. The van der Waals surface area contributed by atoms with E-state index in [0.29, 0.717) is 13.0 Å². The van der Waals surface area contributed by atoms with Gasteiger partial charge >= 0.3 is 0 Å². The van der Waals surface area contributed by atoms with Crippen LogP contribution in [0.5, 0.6) is 0 Å². The summed E-state index contributed by atoms with van der Waals surface area (Å²) in [6.45, 7) is 2.75. The SMILES string of the molecule is CC(CC(O)c1ccccc1)NCc1ccco1. The zero-order chi connectivity index (χ0) is 12.8. The van der Waals surface area contributed by atoms with Crippen LogP contribution in [-0.2, 0) is 6.54 Å². The number of hydrogen-bond acceptors (Lipinski definition) is 3. The van der Waals surface area contributed by atoms with Crippen LogP contribution in [0.2, 0.25) is 0 Å². The van der Waals surface area contributed by atoms with E-state index in [0.717, 1.165) is 11.3 Å². The highest BCUT2D eigenvalue weighted by molar-refractivity contribution is 5.17. The Hall–Kier alpha value is -1.58. The summed E-state index contributed by atoms with van der Waals surface area (Å²) in [5, 5.41) is 13.4. The minimum atomic E-state index is -0.426. The van der Waals surface area contributed by atoms with Crippen molar-refractivity contribution in [3.63, 3.8) is 0 Å². The molecule has 0 saturated carbocycles. The first kappa shape index (κ1) is 12.9. The van der Waals surface area contributed by atoms with Crippen molar-refractivity contribution < 1.29 is 9.52 Å². The first-order valence-corrected chi connectivity index (χ1v) is 6.24. The highest BCUT2D eigenvalue weighted by atomic mass is 16.3. The maximum atomic E-state index is 10.1. The number of aliphatic hydroxyl groups is 1. The molecule has 2 rings (SSSR count). The largest absolute Gasteiger partial charge is 0.468 e. The molecule has 0 saturated heterocycles. The van der Waals surface area contributed by atoms with Crippen molar-refractivity contribution in [3.8, 4) is 0 Å². The molecule has 0 aliphatic rings. The highest BCUT2D eigenvalue weighted by Crippen LogP contribution is 2.17. The van der Waals surface area contributed by atoms with E-state index in [1.54, 1.807) is 6.26 Å². The predicted octanol–water partition coefficient (Wildman–Crippen LogP) is 2.88. The van der Waals surface area contributed by atoms with Crippen molar-refractivity contribution in [2.24, 2.45) is 0 Å². The van der Waals surface area contributed by atoms with Crippen LogP contribution in [0.4, 0.5) is 0 Å². The Morgan fingerprint density at radius 1 is 1.17 bits per heavy atom. The Kier molecular flexibility index (Phi) is 4.56. The van der Waals surface area contributed by atoms with Crippen LogP contribution in [0.15, 0.2) is 53.1 Å². The van der Waals surface area contributed by atoms with Gasteiger partial charge in [-0.1, -0.05) is 30.3 Å². The molecule has 1 aromatic heterocycles. The van der Waals surface area contributed by atoms with E-state index in [-0.39, 0.29) is 6.04 Å². The van der Waals surface area contributed by atoms with Crippen molar-refractivity contribution in [1.82, 2.24) is 5.32 Å². The Balaban J connectivity index is 1.78. The van der Waals surface area contributed by atoms with E-state index in [9.17, 15) is 5.11 Å². The minimum Gasteiger partial charge on any atom is -0.468 e. The van der Waals surface area contributed by atoms with E-state index in [4.69, 9.17) is 4.42 Å². The van der Waals surface area contributed by atoms with Crippen molar-refractivity contribution in [2.45, 2.75) is 32.0 Å². The zero-order valence-electron chi connectivity index (χ0n) is 10.5. The molecule has 2 atom stereocenters. The molecule has 3 nitrogen and oxygen atoms in total. The summed E-state index contributed by atoms with van der Waals surface area (Å²) in [6.07, 6.45) is 1.93. The smallest absolute Gasteiger partial charge is 0.117 e. The zero-order valence-corrected chi connectivity index (χ0v) is 10.5. The Morgan fingerprint density at radius 2 is 1.94 bits per heavy atom. The Bertz CT molecular complexity index is 439. The minimum absolute atomic E-state index is 0.227. The highest BCUT2D eigenvalue weighted by Gasteiger charge is 2.11. The number of hydrogen-bond donors (Lipinski definition) is 2. The standard InChI is InChI=1S/C15H19NO2/c1-12(16-11-14-8-5-9-18-14)10-15(17)13-6-3-2-4-7-13/h2-9,12,15-17H,10-11H2,1H3. The van der Waals surface area contributed by atoms with Crippen LogP contribution in [0, 0.1) is 0 Å². The summed E-state index contributed by atoms with van der Waals surface area (Å²) in [5.41, 5.74) is 0.962. The van der Waals surface area contributed by atoms with Gasteiger partial charge in [0.15, 0.2) is 0 Å². The number of rotatable bonds is 6. The molecule has 0 aliphatic heterocycles. The van der Waals surface area contributed by atoms with E-state index in [2.05, 4.69) is 12.2 Å². The lowest BCUT2D eigenvalue weighted by Crippen LogP contribution is -2.27. The van der Waals surface area contributed by atoms with Gasteiger partial charge in [0.2, 0.25) is 0 Å². The third kappa shape index (κ3) is 3.72. The maximum absolute atomic E-state index is 10.1. The number of aliphatic hydroxyl groups excluding tert-OH is 1. The van der Waals surface area contributed by atoms with Crippen LogP contribution in [0.3, 0.4) is 0 Å². The maximum Gasteiger partial charge on any atom is 0.117 e. The van der Waals surface area contributed by atoms with Gasteiger partial charge in [-0.3, -0.25) is 0 Å². The van der Waals surface area contributed by atoms with Crippen molar-refractivity contribution in [1.29, 1.82) is 0 Å². The van der Waals surface area contributed by atoms with Gasteiger partial charge in [-0.2, -0.15) is 0 Å². The summed E-state index contributed by atoms with van der Waals surface area (Å²) in [5.74, 6) is 0.913. The molecule has 3 heteroatoms. The van der Waals surface area contributed by atoms with Gasteiger partial charge in [-0.15, -0.1) is 0 Å². The third-order valence-electron chi connectivity index (χ3n) is 2.97. The number of furan rings is 1. The quantitative estimate of drug-likeness (QED) is 0.822. The lowest BCUT2D eigenvalue weighted by atomic mass is 10.0. The molecule has 1 aromatic carbocycles. The van der Waals surface area contributed by atoms with E-state index >= 15 is 0 Å². The second kappa shape index (κ2) is 6.38. The lowest BCUT2D eigenvalue weighted by molar-refractivity contribution is 0.153. The average Bonchev–Trinajstić information content (AvgIpc) is 2.90. The lowest BCUT2D eigenvalue weighted by Gasteiger charge is -2.17. The number of benzene rings is 1. The van der Waals surface area contributed by atoms with Gasteiger partial charge in [0.1, 0.15) is 5.76 Å². The van der Waals surface area contributed by atoms with Gasteiger partial charge in [0.05, 0.1) is 18.9 Å². The van der Waals surface area contributed by atoms with Crippen LogP contribution in [0.25, 0.3) is 0 Å². The predicted molar refractivity (Wildman–Crippen MR) is 71.0 cm³/mol. The van der Waals surface area contributed by atoms with Crippen LogP contribution in [0.1, 0.15) is 30.8 Å². The summed E-state index contributed by atoms with van der Waals surface area (Å²) >= 11 is 0. The molecule has 0 amide bonds. The summed E-state index contributed by atoms with van der Waals surface area (Å²) in [7, 11) is 0. The molecule has 2 N–H and O–H groups in total. The van der Waals surface area contributed by atoms with Crippen molar-refractivity contribution >= 4 is 0 Å².